The normalized spacial score (nSPS) is 10.9. The van der Waals surface area contributed by atoms with Gasteiger partial charge in [0.05, 0.1) is 10.7 Å². The maximum atomic E-state index is 12.6. The predicted octanol–water partition coefficient (Wildman–Crippen LogP) is 4.33. The minimum Gasteiger partial charge on any atom is -0.287 e. The molecule has 3 rings (SSSR count). The molecule has 0 amide bonds. The van der Waals surface area contributed by atoms with Crippen molar-refractivity contribution in [1.29, 1.82) is 0 Å². The fraction of sp³-hybridized carbons (Fsp3) is 0.0667. The van der Waals surface area contributed by atoms with Crippen LogP contribution in [0.2, 0.25) is 0 Å². The van der Waals surface area contributed by atoms with E-state index in [1.807, 2.05) is 36.4 Å². The number of ketones is 1. The highest BCUT2D eigenvalue weighted by Gasteiger charge is 2.17. The largest absolute Gasteiger partial charge is 0.287 e. The van der Waals surface area contributed by atoms with Crippen molar-refractivity contribution in [2.75, 3.05) is 0 Å². The first kappa shape index (κ1) is 13.5. The Morgan fingerprint density at radius 3 is 2.50 bits per heavy atom. The molecule has 2 aromatic carbocycles. The number of hydrogen-bond acceptors (Lipinski definition) is 2. The van der Waals surface area contributed by atoms with Crippen LogP contribution in [0.15, 0.2) is 51.5 Å². The summed E-state index contributed by atoms with van der Waals surface area (Å²) < 4.78 is 3.32. The number of nitrogens with zero attached hydrogens (tertiary/aromatic N) is 2. The number of hydrogen-bond donors (Lipinski definition) is 0. The van der Waals surface area contributed by atoms with Crippen molar-refractivity contribution in [2.24, 2.45) is 7.05 Å². The highest BCUT2D eigenvalue weighted by atomic mass is 79.9. The molecule has 0 aliphatic rings. The molecule has 0 saturated heterocycles. The molecule has 5 heteroatoms. The van der Waals surface area contributed by atoms with Crippen LogP contribution in [-0.2, 0) is 7.05 Å². The van der Waals surface area contributed by atoms with Gasteiger partial charge in [-0.25, -0.2) is 0 Å². The van der Waals surface area contributed by atoms with Crippen molar-refractivity contribution in [3.05, 3.63) is 62.8 Å². The molecule has 3 nitrogen and oxygen atoms in total. The van der Waals surface area contributed by atoms with Crippen LogP contribution in [-0.4, -0.2) is 15.6 Å². The third kappa shape index (κ3) is 2.31. The van der Waals surface area contributed by atoms with E-state index in [-0.39, 0.29) is 5.78 Å². The fourth-order valence-electron chi connectivity index (χ4n) is 2.16. The number of rotatable bonds is 2. The van der Waals surface area contributed by atoms with Crippen molar-refractivity contribution in [3.8, 4) is 0 Å². The Labute approximate surface area is 132 Å². The van der Waals surface area contributed by atoms with Gasteiger partial charge in [0.15, 0.2) is 0 Å². The molecule has 1 heterocycles. The van der Waals surface area contributed by atoms with E-state index in [2.05, 4.69) is 37.0 Å². The Balaban J connectivity index is 2.11. The maximum absolute atomic E-state index is 12.6. The smallest absolute Gasteiger partial charge is 0.212 e. The average Bonchev–Trinajstić information content (AvgIpc) is 2.77. The average molecular weight is 394 g/mol. The van der Waals surface area contributed by atoms with Gasteiger partial charge in [0, 0.05) is 17.1 Å². The highest BCUT2D eigenvalue weighted by molar-refractivity contribution is 9.10. The molecule has 0 unspecified atom stereocenters. The van der Waals surface area contributed by atoms with Crippen LogP contribution >= 0.6 is 31.9 Å². The molecule has 0 fully saturated rings. The monoisotopic (exact) mass is 392 g/mol. The molecule has 0 radical (unpaired) electrons. The summed E-state index contributed by atoms with van der Waals surface area (Å²) in [6, 6.07) is 11.7. The van der Waals surface area contributed by atoms with Crippen LogP contribution < -0.4 is 0 Å². The summed E-state index contributed by atoms with van der Waals surface area (Å²) in [4.78, 5) is 12.6. The van der Waals surface area contributed by atoms with E-state index in [9.17, 15) is 4.79 Å². The lowest BCUT2D eigenvalue weighted by Gasteiger charge is -2.05. The van der Waals surface area contributed by atoms with Crippen molar-refractivity contribution in [1.82, 2.24) is 9.78 Å². The quantitative estimate of drug-likeness (QED) is 0.607. The van der Waals surface area contributed by atoms with Gasteiger partial charge in [-0.15, -0.1) is 0 Å². The first-order valence-corrected chi connectivity index (χ1v) is 7.56. The number of halogens is 2. The van der Waals surface area contributed by atoms with E-state index in [4.69, 9.17) is 0 Å². The molecule has 0 aliphatic carbocycles. The maximum Gasteiger partial charge on any atom is 0.212 e. The standard InChI is InChI=1S/C15H10Br2N2O/c1-19-14(13(17)8-18-19)15(20)11-3-2-10-7-12(16)5-4-9(10)6-11/h2-8H,1H3. The van der Waals surface area contributed by atoms with Gasteiger partial charge in [-0.1, -0.05) is 34.1 Å². The molecule has 0 aliphatic heterocycles. The van der Waals surface area contributed by atoms with Crippen LogP contribution in [0.25, 0.3) is 10.8 Å². The molecule has 1 aromatic heterocycles. The molecule has 100 valence electrons. The summed E-state index contributed by atoms with van der Waals surface area (Å²) in [5.41, 5.74) is 1.21. The van der Waals surface area contributed by atoms with E-state index in [1.54, 1.807) is 17.9 Å². The van der Waals surface area contributed by atoms with Crippen molar-refractivity contribution in [3.63, 3.8) is 0 Å². The fourth-order valence-corrected chi connectivity index (χ4v) is 3.07. The van der Waals surface area contributed by atoms with Gasteiger partial charge in [0.2, 0.25) is 5.78 Å². The minimum absolute atomic E-state index is 0.0401. The highest BCUT2D eigenvalue weighted by Crippen LogP contribution is 2.24. The van der Waals surface area contributed by atoms with Crippen LogP contribution in [0, 0.1) is 0 Å². The van der Waals surface area contributed by atoms with Gasteiger partial charge >= 0.3 is 0 Å². The molecular formula is C15H10Br2N2O. The first-order valence-electron chi connectivity index (χ1n) is 5.98. The van der Waals surface area contributed by atoms with E-state index in [0.717, 1.165) is 15.2 Å². The molecule has 0 bridgehead atoms. The van der Waals surface area contributed by atoms with E-state index in [0.29, 0.717) is 15.7 Å². The minimum atomic E-state index is -0.0401. The Bertz CT molecular complexity index is 804. The van der Waals surface area contributed by atoms with Gasteiger partial charge in [0.1, 0.15) is 5.69 Å². The lowest BCUT2D eigenvalue weighted by molar-refractivity contribution is 0.102. The second kappa shape index (κ2) is 5.14. The van der Waals surface area contributed by atoms with Gasteiger partial charge in [-0.3, -0.25) is 9.48 Å². The van der Waals surface area contributed by atoms with Crippen molar-refractivity contribution in [2.45, 2.75) is 0 Å². The first-order chi connectivity index (χ1) is 9.56. The zero-order chi connectivity index (χ0) is 14.3. The molecule has 0 N–H and O–H groups in total. The second-order valence-electron chi connectivity index (χ2n) is 4.50. The number of benzene rings is 2. The predicted molar refractivity (Wildman–Crippen MR) is 86.0 cm³/mol. The number of aromatic nitrogens is 2. The van der Waals surface area contributed by atoms with Gasteiger partial charge < -0.3 is 0 Å². The lowest BCUT2D eigenvalue weighted by Crippen LogP contribution is -2.08. The van der Waals surface area contributed by atoms with Gasteiger partial charge in [0.25, 0.3) is 0 Å². The zero-order valence-electron chi connectivity index (χ0n) is 10.6. The van der Waals surface area contributed by atoms with Gasteiger partial charge in [-0.05, 0) is 44.9 Å². The van der Waals surface area contributed by atoms with Crippen molar-refractivity contribution >= 4 is 48.4 Å². The number of carbonyl (C=O) groups is 1. The molecule has 3 aromatic rings. The Kier molecular flexibility index (Phi) is 3.48. The third-order valence-corrected chi connectivity index (χ3v) is 4.25. The molecule has 0 saturated carbocycles. The summed E-state index contributed by atoms with van der Waals surface area (Å²) in [6.45, 7) is 0. The molecule has 20 heavy (non-hydrogen) atoms. The third-order valence-electron chi connectivity index (χ3n) is 3.17. The van der Waals surface area contributed by atoms with Gasteiger partial charge in [-0.2, -0.15) is 5.10 Å². The summed E-state index contributed by atoms with van der Waals surface area (Å²) in [7, 11) is 1.76. The Morgan fingerprint density at radius 1 is 1.10 bits per heavy atom. The second-order valence-corrected chi connectivity index (χ2v) is 6.27. The van der Waals surface area contributed by atoms with Crippen LogP contribution in [0.4, 0.5) is 0 Å². The summed E-state index contributed by atoms with van der Waals surface area (Å²) in [5.74, 6) is -0.0401. The van der Waals surface area contributed by atoms with Crippen molar-refractivity contribution < 1.29 is 4.79 Å². The summed E-state index contributed by atoms with van der Waals surface area (Å²) >= 11 is 6.81. The summed E-state index contributed by atoms with van der Waals surface area (Å²) in [6.07, 6.45) is 1.63. The number of fused-ring (bicyclic) bond motifs is 1. The van der Waals surface area contributed by atoms with Crippen LogP contribution in [0.3, 0.4) is 0 Å². The topological polar surface area (TPSA) is 34.9 Å². The Hall–Kier alpha value is -1.46. The lowest BCUT2D eigenvalue weighted by atomic mass is 10.0. The zero-order valence-corrected chi connectivity index (χ0v) is 13.8. The van der Waals surface area contributed by atoms with Crippen LogP contribution in [0.5, 0.6) is 0 Å². The SMILES string of the molecule is Cn1ncc(Br)c1C(=O)c1ccc2cc(Br)ccc2c1. The molecular weight excluding hydrogens is 384 g/mol. The van der Waals surface area contributed by atoms with E-state index in [1.165, 1.54) is 0 Å². The molecule has 0 spiro atoms. The molecule has 0 atom stereocenters. The van der Waals surface area contributed by atoms with E-state index < -0.39 is 0 Å². The number of aryl methyl sites for hydroxylation is 1. The van der Waals surface area contributed by atoms with Crippen LogP contribution in [0.1, 0.15) is 16.1 Å². The van der Waals surface area contributed by atoms with E-state index >= 15 is 0 Å². The Morgan fingerprint density at radius 2 is 1.80 bits per heavy atom. The summed E-state index contributed by atoms with van der Waals surface area (Å²) in [5, 5.41) is 6.22. The number of carbonyl (C=O) groups excluding carboxylic acids is 1.